The van der Waals surface area contributed by atoms with Gasteiger partial charge in [-0.25, -0.2) is 0 Å². The summed E-state index contributed by atoms with van der Waals surface area (Å²) in [6.45, 7) is 3.25. The van der Waals surface area contributed by atoms with E-state index in [1.165, 1.54) is 0 Å². The van der Waals surface area contributed by atoms with Gasteiger partial charge in [-0.3, -0.25) is 4.79 Å². The summed E-state index contributed by atoms with van der Waals surface area (Å²) in [5, 5.41) is 20.3. The SMILES string of the molecule is CCOCC(=O)N1C[C@H](O)[C@@]2(C1)[C@H](CO)[C@H]2c1ccccc1. The van der Waals surface area contributed by atoms with E-state index in [1.54, 1.807) is 4.90 Å². The number of hydrogen-bond acceptors (Lipinski definition) is 4. The number of nitrogens with zero attached hydrogens (tertiary/aromatic N) is 1. The predicted octanol–water partition coefficient (Wildman–Crippen LogP) is 0.618. The lowest BCUT2D eigenvalue weighted by molar-refractivity contribution is -0.135. The highest BCUT2D eigenvalue weighted by Gasteiger charge is 2.71. The highest BCUT2D eigenvalue weighted by Crippen LogP contribution is 2.68. The van der Waals surface area contributed by atoms with E-state index < -0.39 is 11.5 Å². The monoisotopic (exact) mass is 305 g/mol. The van der Waals surface area contributed by atoms with Crippen molar-refractivity contribution in [2.75, 3.05) is 32.9 Å². The molecule has 0 unspecified atom stereocenters. The first-order valence-corrected chi connectivity index (χ1v) is 7.84. The van der Waals surface area contributed by atoms with Crippen LogP contribution in [0.4, 0.5) is 0 Å². The molecular formula is C17H23NO4. The van der Waals surface area contributed by atoms with Crippen molar-refractivity contribution in [3.8, 4) is 0 Å². The summed E-state index contributed by atoms with van der Waals surface area (Å²) in [4.78, 5) is 13.8. The average molecular weight is 305 g/mol. The van der Waals surface area contributed by atoms with Crippen molar-refractivity contribution in [1.29, 1.82) is 0 Å². The second-order valence-corrected chi connectivity index (χ2v) is 6.22. The minimum absolute atomic E-state index is 0.00907. The maximum Gasteiger partial charge on any atom is 0.248 e. The molecule has 1 aromatic carbocycles. The molecule has 5 heteroatoms. The zero-order valence-corrected chi connectivity index (χ0v) is 12.8. The van der Waals surface area contributed by atoms with E-state index in [4.69, 9.17) is 4.74 Å². The maximum atomic E-state index is 12.1. The molecule has 4 atom stereocenters. The van der Waals surface area contributed by atoms with Gasteiger partial charge in [0.25, 0.3) is 0 Å². The van der Waals surface area contributed by atoms with Crippen molar-refractivity contribution in [3.05, 3.63) is 35.9 Å². The fourth-order valence-corrected chi connectivity index (χ4v) is 4.04. The van der Waals surface area contributed by atoms with Crippen LogP contribution in [-0.2, 0) is 9.53 Å². The molecule has 2 aliphatic rings. The van der Waals surface area contributed by atoms with Crippen molar-refractivity contribution in [2.45, 2.75) is 18.9 Å². The number of carbonyl (C=O) groups excluding carboxylic acids is 1. The number of aliphatic hydroxyl groups excluding tert-OH is 2. The molecule has 3 rings (SSSR count). The summed E-state index contributed by atoms with van der Waals surface area (Å²) in [7, 11) is 0. The minimum Gasteiger partial charge on any atom is -0.396 e. The molecule has 0 radical (unpaired) electrons. The third-order valence-corrected chi connectivity index (χ3v) is 5.18. The third kappa shape index (κ3) is 2.33. The summed E-state index contributed by atoms with van der Waals surface area (Å²) < 4.78 is 5.17. The molecule has 1 aliphatic heterocycles. The van der Waals surface area contributed by atoms with E-state index in [9.17, 15) is 15.0 Å². The molecule has 0 bridgehead atoms. The Hall–Kier alpha value is -1.43. The Labute approximate surface area is 130 Å². The fourth-order valence-electron chi connectivity index (χ4n) is 4.04. The van der Waals surface area contributed by atoms with Crippen LogP contribution in [-0.4, -0.2) is 60.0 Å². The van der Waals surface area contributed by atoms with Crippen LogP contribution in [0.3, 0.4) is 0 Å². The maximum absolute atomic E-state index is 12.1. The van der Waals surface area contributed by atoms with E-state index in [0.717, 1.165) is 5.56 Å². The summed E-state index contributed by atoms with van der Waals surface area (Å²) in [5.74, 6) is 0.0292. The molecule has 2 fully saturated rings. The van der Waals surface area contributed by atoms with Crippen LogP contribution in [0.5, 0.6) is 0 Å². The molecule has 22 heavy (non-hydrogen) atoms. The van der Waals surface area contributed by atoms with Crippen molar-refractivity contribution in [1.82, 2.24) is 4.90 Å². The van der Waals surface area contributed by atoms with Crippen molar-refractivity contribution >= 4 is 5.91 Å². The Balaban J connectivity index is 1.77. The standard InChI is InChI=1S/C17H23NO4/c1-2-22-10-15(21)18-8-14(20)17(11-18)13(9-19)16(17)12-6-4-3-5-7-12/h3-7,13-14,16,19-20H,2,8-11H2,1H3/t13-,14+,16-,17-/m1/s1. The predicted molar refractivity (Wildman–Crippen MR) is 81.3 cm³/mol. The molecule has 5 nitrogen and oxygen atoms in total. The van der Waals surface area contributed by atoms with Crippen LogP contribution in [0, 0.1) is 11.3 Å². The molecule has 2 N–H and O–H groups in total. The van der Waals surface area contributed by atoms with Gasteiger partial charge in [-0.1, -0.05) is 30.3 Å². The largest absolute Gasteiger partial charge is 0.396 e. The van der Waals surface area contributed by atoms with E-state index in [1.807, 2.05) is 37.3 Å². The van der Waals surface area contributed by atoms with Crippen LogP contribution < -0.4 is 0 Å². The second kappa shape index (κ2) is 5.99. The summed E-state index contributed by atoms with van der Waals surface area (Å²) in [5.41, 5.74) is 0.720. The molecule has 1 saturated heterocycles. The number of aliphatic hydroxyl groups is 2. The molecular weight excluding hydrogens is 282 g/mol. The van der Waals surface area contributed by atoms with Gasteiger partial charge in [0, 0.05) is 31.7 Å². The van der Waals surface area contributed by atoms with Gasteiger partial charge in [-0.2, -0.15) is 0 Å². The van der Waals surface area contributed by atoms with Gasteiger partial charge in [0.15, 0.2) is 0 Å². The van der Waals surface area contributed by atoms with Crippen LogP contribution in [0.25, 0.3) is 0 Å². The van der Waals surface area contributed by atoms with Gasteiger partial charge in [-0.15, -0.1) is 0 Å². The second-order valence-electron chi connectivity index (χ2n) is 6.22. The Morgan fingerprint density at radius 1 is 1.41 bits per heavy atom. The molecule has 1 aromatic rings. The Bertz CT molecular complexity index is 535. The topological polar surface area (TPSA) is 70.0 Å². The molecule has 1 spiro atoms. The zero-order valence-electron chi connectivity index (χ0n) is 12.8. The molecule has 1 saturated carbocycles. The fraction of sp³-hybridized carbons (Fsp3) is 0.588. The Morgan fingerprint density at radius 3 is 2.77 bits per heavy atom. The number of rotatable bonds is 5. The molecule has 0 aromatic heterocycles. The van der Waals surface area contributed by atoms with Gasteiger partial charge < -0.3 is 19.8 Å². The molecule has 1 amide bonds. The van der Waals surface area contributed by atoms with Crippen molar-refractivity contribution in [3.63, 3.8) is 0 Å². The molecule has 1 aliphatic carbocycles. The molecule has 120 valence electrons. The lowest BCUT2D eigenvalue weighted by Gasteiger charge is -2.16. The van der Waals surface area contributed by atoms with Gasteiger partial charge in [-0.05, 0) is 24.3 Å². The van der Waals surface area contributed by atoms with Crippen LogP contribution in [0.1, 0.15) is 18.4 Å². The lowest BCUT2D eigenvalue weighted by Crippen LogP contribution is -2.33. The normalized spacial score (nSPS) is 33.4. The summed E-state index contributed by atoms with van der Waals surface area (Å²) in [6.07, 6.45) is -0.597. The van der Waals surface area contributed by atoms with Gasteiger partial charge >= 0.3 is 0 Å². The highest BCUT2D eigenvalue weighted by molar-refractivity contribution is 5.78. The number of amides is 1. The van der Waals surface area contributed by atoms with E-state index in [0.29, 0.717) is 19.7 Å². The van der Waals surface area contributed by atoms with Crippen LogP contribution in [0.15, 0.2) is 30.3 Å². The number of benzene rings is 1. The quantitative estimate of drug-likeness (QED) is 0.836. The number of carbonyl (C=O) groups is 1. The van der Waals surface area contributed by atoms with Gasteiger partial charge in [0.05, 0.1) is 6.10 Å². The van der Waals surface area contributed by atoms with Gasteiger partial charge in [0.2, 0.25) is 5.91 Å². The highest BCUT2D eigenvalue weighted by atomic mass is 16.5. The first-order chi connectivity index (χ1) is 10.6. The van der Waals surface area contributed by atoms with Crippen LogP contribution >= 0.6 is 0 Å². The zero-order chi connectivity index (χ0) is 15.7. The Kier molecular flexibility index (Phi) is 4.21. The van der Waals surface area contributed by atoms with Crippen molar-refractivity contribution < 1.29 is 19.7 Å². The number of likely N-dealkylation sites (tertiary alicyclic amines) is 1. The summed E-state index contributed by atoms with van der Waals surface area (Å²) in [6, 6.07) is 9.94. The lowest BCUT2D eigenvalue weighted by atomic mass is 9.95. The van der Waals surface area contributed by atoms with E-state index >= 15 is 0 Å². The first kappa shape index (κ1) is 15.5. The number of β-amino-alcohol motifs (C(OH)–C–C–N with tert-alkyl or cyclic N) is 1. The van der Waals surface area contributed by atoms with E-state index in [2.05, 4.69) is 0 Å². The third-order valence-electron chi connectivity index (χ3n) is 5.18. The van der Waals surface area contributed by atoms with Crippen molar-refractivity contribution in [2.24, 2.45) is 11.3 Å². The number of ether oxygens (including phenoxy) is 1. The minimum atomic E-state index is -0.597. The van der Waals surface area contributed by atoms with E-state index in [-0.39, 0.29) is 31.0 Å². The summed E-state index contributed by atoms with van der Waals surface area (Å²) >= 11 is 0. The van der Waals surface area contributed by atoms with Crippen LogP contribution in [0.2, 0.25) is 0 Å². The Morgan fingerprint density at radius 2 is 2.14 bits per heavy atom. The smallest absolute Gasteiger partial charge is 0.248 e. The first-order valence-electron chi connectivity index (χ1n) is 7.84. The average Bonchev–Trinajstić information content (AvgIpc) is 3.08. The molecule has 1 heterocycles. The number of hydrogen-bond donors (Lipinski definition) is 2. The van der Waals surface area contributed by atoms with Gasteiger partial charge in [0.1, 0.15) is 6.61 Å².